The molecule has 1 aromatic heterocycles. The van der Waals surface area contributed by atoms with Gasteiger partial charge in [-0.15, -0.1) is 11.3 Å². The van der Waals surface area contributed by atoms with E-state index in [-0.39, 0.29) is 32.7 Å². The molecule has 208 valence electrons. The number of nitrogens with zero attached hydrogens (tertiary/aromatic N) is 1. The summed E-state index contributed by atoms with van der Waals surface area (Å²) in [5.41, 5.74) is 1.47. The maximum absolute atomic E-state index is 13.3. The number of carbonyl (C=O) groups excluding carboxylic acids is 2. The van der Waals surface area contributed by atoms with Crippen molar-refractivity contribution in [3.05, 3.63) is 57.9 Å². The quantitative estimate of drug-likeness (QED) is 0.318. The van der Waals surface area contributed by atoms with E-state index in [0.717, 1.165) is 30.6 Å². The van der Waals surface area contributed by atoms with Gasteiger partial charge in [-0.3, -0.25) is 4.79 Å². The lowest BCUT2D eigenvalue weighted by Crippen LogP contribution is -2.35. The Morgan fingerprint density at radius 1 is 1.03 bits per heavy atom. The molecular formula is C27H29ClN2O7S2. The monoisotopic (exact) mass is 592 g/mol. The molecule has 1 saturated heterocycles. The summed E-state index contributed by atoms with van der Waals surface area (Å²) in [4.78, 5) is 26.2. The molecule has 2 heterocycles. The minimum Gasteiger partial charge on any atom is -0.493 e. The molecule has 0 saturated carbocycles. The first kappa shape index (κ1) is 28.9. The number of halogens is 1. The number of anilines is 1. The Bertz CT molecular complexity index is 1480. The van der Waals surface area contributed by atoms with Crippen LogP contribution in [0.15, 0.2) is 46.7 Å². The fourth-order valence-corrected chi connectivity index (χ4v) is 7.30. The number of rotatable bonds is 9. The van der Waals surface area contributed by atoms with Crippen LogP contribution in [0.1, 0.15) is 46.9 Å². The van der Waals surface area contributed by atoms with Gasteiger partial charge in [-0.05, 0) is 55.7 Å². The van der Waals surface area contributed by atoms with Crippen molar-refractivity contribution in [3.63, 3.8) is 0 Å². The van der Waals surface area contributed by atoms with E-state index >= 15 is 0 Å². The normalized spacial score (nSPS) is 14.1. The summed E-state index contributed by atoms with van der Waals surface area (Å²) in [7, 11) is -0.827. The molecule has 1 aliphatic rings. The zero-order valence-corrected chi connectivity index (χ0v) is 24.2. The van der Waals surface area contributed by atoms with Crippen molar-refractivity contribution in [1.82, 2.24) is 4.31 Å². The van der Waals surface area contributed by atoms with Gasteiger partial charge in [-0.2, -0.15) is 4.31 Å². The second kappa shape index (κ2) is 12.4. The third-order valence-electron chi connectivity index (χ3n) is 6.32. The highest BCUT2D eigenvalue weighted by Crippen LogP contribution is 2.40. The molecule has 4 rings (SSSR count). The maximum atomic E-state index is 13.3. The number of hydrogen-bond donors (Lipinski definition) is 1. The summed E-state index contributed by atoms with van der Waals surface area (Å²) in [6, 6.07) is 9.33. The van der Waals surface area contributed by atoms with Gasteiger partial charge >= 0.3 is 5.97 Å². The third-order valence-corrected chi connectivity index (χ3v) is 9.59. The number of esters is 1. The van der Waals surface area contributed by atoms with Crippen LogP contribution in [0, 0.1) is 0 Å². The van der Waals surface area contributed by atoms with Crippen LogP contribution >= 0.6 is 22.9 Å². The summed E-state index contributed by atoms with van der Waals surface area (Å²) in [5.74, 6) is -0.192. The lowest BCUT2D eigenvalue weighted by atomic mass is 10.0. The van der Waals surface area contributed by atoms with Gasteiger partial charge in [0.05, 0.1) is 25.8 Å². The van der Waals surface area contributed by atoms with Crippen LogP contribution in [0.4, 0.5) is 5.00 Å². The molecule has 0 atom stereocenters. The number of ether oxygens (including phenoxy) is 3. The molecule has 0 spiro atoms. The Hall–Kier alpha value is -3.12. The fourth-order valence-electron chi connectivity index (χ4n) is 4.33. The maximum Gasteiger partial charge on any atom is 0.341 e. The Kier molecular flexibility index (Phi) is 9.16. The molecule has 1 N–H and O–H groups in total. The molecule has 0 bridgehead atoms. The van der Waals surface area contributed by atoms with Gasteiger partial charge in [-0.1, -0.05) is 24.1 Å². The number of methoxy groups -OCH3 is 2. The largest absolute Gasteiger partial charge is 0.493 e. The van der Waals surface area contributed by atoms with Gasteiger partial charge in [0.1, 0.15) is 15.5 Å². The first-order chi connectivity index (χ1) is 18.7. The van der Waals surface area contributed by atoms with E-state index in [2.05, 4.69) is 5.32 Å². The molecule has 0 radical (unpaired) electrons. The molecule has 0 unspecified atom stereocenters. The van der Waals surface area contributed by atoms with Crippen LogP contribution in [-0.4, -0.2) is 58.5 Å². The average molecular weight is 593 g/mol. The van der Waals surface area contributed by atoms with Crippen molar-refractivity contribution < 1.29 is 32.2 Å². The van der Waals surface area contributed by atoms with E-state index in [9.17, 15) is 18.0 Å². The number of thiophene rings is 1. The van der Waals surface area contributed by atoms with Gasteiger partial charge in [0.25, 0.3) is 5.91 Å². The smallest absolute Gasteiger partial charge is 0.341 e. The fraction of sp³-hybridized carbons (Fsp3) is 0.333. The highest BCUT2D eigenvalue weighted by atomic mass is 35.5. The second-order valence-corrected chi connectivity index (χ2v) is 11.9. The van der Waals surface area contributed by atoms with Crippen molar-refractivity contribution in [2.24, 2.45) is 0 Å². The van der Waals surface area contributed by atoms with E-state index in [0.29, 0.717) is 35.7 Å². The standard InChI is InChI=1S/C27H29ClN2O7S2/c1-4-37-27(32)24-19(17-9-11-21(35-2)22(14-17)36-3)16-38-26(24)29-25(31)18-8-10-20(28)23(15-18)39(33,34)30-12-6-5-7-13-30/h8-11,14-16H,4-7,12-13H2,1-3H3,(H,29,31). The number of benzene rings is 2. The summed E-state index contributed by atoms with van der Waals surface area (Å²) in [5, 5.41) is 4.79. The number of amides is 1. The molecule has 3 aromatic rings. The van der Waals surface area contributed by atoms with Gasteiger partial charge < -0.3 is 19.5 Å². The lowest BCUT2D eigenvalue weighted by Gasteiger charge is -2.26. The van der Waals surface area contributed by atoms with Crippen LogP contribution in [0.5, 0.6) is 11.5 Å². The van der Waals surface area contributed by atoms with Crippen LogP contribution in [0.2, 0.25) is 5.02 Å². The van der Waals surface area contributed by atoms with E-state index in [1.165, 1.54) is 36.7 Å². The SMILES string of the molecule is CCOC(=O)c1c(-c2ccc(OC)c(OC)c2)csc1NC(=O)c1ccc(Cl)c(S(=O)(=O)N2CCCCC2)c1. The van der Waals surface area contributed by atoms with E-state index < -0.39 is 21.9 Å². The number of piperidine rings is 1. The van der Waals surface area contributed by atoms with Crippen LogP contribution in [0.25, 0.3) is 11.1 Å². The molecule has 0 aliphatic carbocycles. The zero-order valence-electron chi connectivity index (χ0n) is 21.8. The van der Waals surface area contributed by atoms with Crippen molar-refractivity contribution in [2.75, 3.05) is 39.2 Å². The molecule has 2 aromatic carbocycles. The first-order valence-corrected chi connectivity index (χ1v) is 15.0. The van der Waals surface area contributed by atoms with Crippen molar-refractivity contribution >= 4 is 49.8 Å². The van der Waals surface area contributed by atoms with Crippen LogP contribution < -0.4 is 14.8 Å². The number of nitrogens with one attached hydrogen (secondary N) is 1. The van der Waals surface area contributed by atoms with Gasteiger partial charge in [0, 0.05) is 29.6 Å². The average Bonchev–Trinajstić information content (AvgIpc) is 3.36. The molecule has 12 heteroatoms. The Labute approximate surface area is 236 Å². The van der Waals surface area contributed by atoms with Crippen LogP contribution in [0.3, 0.4) is 0 Å². The van der Waals surface area contributed by atoms with Crippen molar-refractivity contribution in [2.45, 2.75) is 31.1 Å². The molecule has 1 fully saturated rings. The van der Waals surface area contributed by atoms with Crippen molar-refractivity contribution in [3.8, 4) is 22.6 Å². The first-order valence-electron chi connectivity index (χ1n) is 12.3. The lowest BCUT2D eigenvalue weighted by molar-refractivity contribution is 0.0529. The van der Waals surface area contributed by atoms with Crippen LogP contribution in [-0.2, 0) is 14.8 Å². The minimum atomic E-state index is -3.87. The van der Waals surface area contributed by atoms with E-state index in [1.807, 2.05) is 0 Å². The van der Waals surface area contributed by atoms with E-state index in [1.54, 1.807) is 30.5 Å². The van der Waals surface area contributed by atoms with Gasteiger partial charge in [0.2, 0.25) is 10.0 Å². The Balaban J connectivity index is 1.69. The number of carbonyl (C=O) groups is 2. The minimum absolute atomic E-state index is 0.0381. The summed E-state index contributed by atoms with van der Waals surface area (Å²) >= 11 is 7.42. The van der Waals surface area contributed by atoms with Gasteiger partial charge in [-0.25, -0.2) is 13.2 Å². The van der Waals surface area contributed by atoms with Gasteiger partial charge in [0.15, 0.2) is 11.5 Å². The van der Waals surface area contributed by atoms with Crippen molar-refractivity contribution in [1.29, 1.82) is 0 Å². The topological polar surface area (TPSA) is 111 Å². The highest BCUT2D eigenvalue weighted by molar-refractivity contribution is 7.89. The number of hydrogen-bond acceptors (Lipinski definition) is 8. The number of sulfonamides is 1. The second-order valence-electron chi connectivity index (χ2n) is 8.71. The predicted octanol–water partition coefficient (Wildman–Crippen LogP) is 5.69. The Morgan fingerprint density at radius 2 is 1.74 bits per heavy atom. The molecule has 1 aliphatic heterocycles. The summed E-state index contributed by atoms with van der Waals surface area (Å²) in [6.45, 7) is 2.65. The molecule has 9 nitrogen and oxygen atoms in total. The highest BCUT2D eigenvalue weighted by Gasteiger charge is 2.29. The molecular weight excluding hydrogens is 564 g/mol. The summed E-state index contributed by atoms with van der Waals surface area (Å²) < 4.78 is 43.9. The zero-order chi connectivity index (χ0) is 28.2. The third kappa shape index (κ3) is 6.06. The summed E-state index contributed by atoms with van der Waals surface area (Å²) in [6.07, 6.45) is 2.51. The Morgan fingerprint density at radius 3 is 2.41 bits per heavy atom. The molecule has 1 amide bonds. The molecule has 39 heavy (non-hydrogen) atoms. The predicted molar refractivity (Wildman–Crippen MR) is 151 cm³/mol. The van der Waals surface area contributed by atoms with E-state index in [4.69, 9.17) is 25.8 Å².